The summed E-state index contributed by atoms with van der Waals surface area (Å²) in [4.78, 5) is 37.6. The van der Waals surface area contributed by atoms with E-state index < -0.39 is 81.5 Å². The van der Waals surface area contributed by atoms with E-state index in [0.29, 0.717) is 0 Å². The summed E-state index contributed by atoms with van der Waals surface area (Å²) in [5.74, 6) is -9.32. The van der Waals surface area contributed by atoms with Gasteiger partial charge in [0.05, 0.1) is 11.2 Å². The normalized spacial score (nSPS) is 35.7. The third kappa shape index (κ3) is 2.15. The Bertz CT molecular complexity index is 1100. The van der Waals surface area contributed by atoms with E-state index in [0.717, 1.165) is 0 Å². The first-order valence-corrected chi connectivity index (χ1v) is 9.08. The summed E-state index contributed by atoms with van der Waals surface area (Å²) in [6.45, 7) is 1.32. The Morgan fingerprint density at radius 1 is 1.17 bits per heavy atom. The monoisotopic (exact) mass is 417 g/mol. The third-order valence-electron chi connectivity index (χ3n) is 6.47. The summed E-state index contributed by atoms with van der Waals surface area (Å²) < 4.78 is 0. The van der Waals surface area contributed by atoms with Crippen LogP contribution in [0, 0.1) is 11.8 Å². The molecule has 0 saturated heterocycles. The molecule has 3 aliphatic rings. The molecule has 0 spiro atoms. The molecule has 0 fully saturated rings. The van der Waals surface area contributed by atoms with Crippen LogP contribution in [0.3, 0.4) is 0 Å². The van der Waals surface area contributed by atoms with Gasteiger partial charge in [0.1, 0.15) is 28.9 Å². The van der Waals surface area contributed by atoms with Crippen LogP contribution >= 0.6 is 0 Å². The fourth-order valence-electron chi connectivity index (χ4n) is 4.90. The molecule has 5 atom stereocenters. The molecule has 8 N–H and O–H groups in total. The number of Topliss-reactive ketones (excluding diaryl/α,β-unsaturated/α-hetero) is 2. The van der Waals surface area contributed by atoms with Gasteiger partial charge < -0.3 is 36.4 Å². The van der Waals surface area contributed by atoms with Gasteiger partial charge in [0, 0.05) is 17.4 Å². The van der Waals surface area contributed by atoms with Gasteiger partial charge in [-0.25, -0.2) is 0 Å². The minimum atomic E-state index is -2.94. The molecule has 0 saturated carbocycles. The highest BCUT2D eigenvalue weighted by Crippen LogP contribution is 2.55. The first kappa shape index (κ1) is 20.1. The number of phenolic OH excluding ortho intramolecular Hbond substituents is 1. The molecule has 0 aromatic heterocycles. The zero-order valence-corrected chi connectivity index (χ0v) is 15.7. The molecular weight excluding hydrogens is 398 g/mol. The van der Waals surface area contributed by atoms with Gasteiger partial charge in [-0.3, -0.25) is 14.4 Å². The van der Waals surface area contributed by atoms with Crippen molar-refractivity contribution in [2.75, 3.05) is 0 Å². The fraction of sp³-hybridized carbons (Fsp3) is 0.350. The number of nitrogens with two attached hydrogens (primary N) is 1. The Morgan fingerprint density at radius 2 is 1.80 bits per heavy atom. The van der Waals surface area contributed by atoms with Crippen LogP contribution in [0.1, 0.15) is 29.3 Å². The molecule has 0 radical (unpaired) electrons. The Kier molecular flexibility index (Phi) is 3.95. The van der Waals surface area contributed by atoms with Crippen LogP contribution in [0.4, 0.5) is 0 Å². The van der Waals surface area contributed by atoms with Crippen molar-refractivity contribution < 1.29 is 45.0 Å². The molecule has 0 bridgehead atoms. The van der Waals surface area contributed by atoms with Crippen molar-refractivity contribution in [3.8, 4) is 5.75 Å². The van der Waals surface area contributed by atoms with E-state index in [2.05, 4.69) is 0 Å². The maximum absolute atomic E-state index is 13.1. The van der Waals surface area contributed by atoms with Crippen LogP contribution in [0.2, 0.25) is 0 Å². The Balaban J connectivity index is 2.03. The lowest BCUT2D eigenvalue weighted by molar-refractivity contribution is -0.156. The number of amides is 1. The number of ketones is 2. The summed E-state index contributed by atoms with van der Waals surface area (Å²) in [5, 5.41) is 64.0. The van der Waals surface area contributed by atoms with Crippen LogP contribution in [0.25, 0.3) is 0 Å². The number of aliphatic hydroxyl groups excluding tert-OH is 3. The number of rotatable bonds is 1. The van der Waals surface area contributed by atoms with E-state index >= 15 is 0 Å². The van der Waals surface area contributed by atoms with Crippen LogP contribution in [0.5, 0.6) is 5.75 Å². The number of aliphatic hydroxyl groups is 5. The molecule has 3 aliphatic carbocycles. The lowest BCUT2D eigenvalue weighted by atomic mass is 9.56. The van der Waals surface area contributed by atoms with Crippen molar-refractivity contribution in [1.82, 2.24) is 0 Å². The Morgan fingerprint density at radius 3 is 2.40 bits per heavy atom. The van der Waals surface area contributed by atoms with Crippen molar-refractivity contribution >= 4 is 17.5 Å². The first-order valence-electron chi connectivity index (χ1n) is 9.08. The third-order valence-corrected chi connectivity index (χ3v) is 6.47. The maximum atomic E-state index is 13.1. The summed E-state index contributed by atoms with van der Waals surface area (Å²) in [7, 11) is 0. The van der Waals surface area contributed by atoms with Gasteiger partial charge in [-0.2, -0.15) is 0 Å². The number of aromatic hydroxyl groups is 1. The summed E-state index contributed by atoms with van der Waals surface area (Å²) >= 11 is 0. The Labute approximate surface area is 169 Å². The van der Waals surface area contributed by atoms with Crippen LogP contribution in [-0.2, 0) is 15.2 Å². The van der Waals surface area contributed by atoms with Crippen LogP contribution < -0.4 is 5.73 Å². The van der Waals surface area contributed by atoms with Crippen molar-refractivity contribution in [1.29, 1.82) is 0 Å². The Hall–Kier alpha value is -3.21. The lowest BCUT2D eigenvalue weighted by Gasteiger charge is -2.50. The largest absolute Gasteiger partial charge is 0.509 e. The molecule has 0 aliphatic heterocycles. The second-order valence-electron chi connectivity index (χ2n) is 8.00. The van der Waals surface area contributed by atoms with Gasteiger partial charge in [-0.05, 0) is 25.0 Å². The predicted octanol–water partition coefficient (Wildman–Crippen LogP) is -0.784. The molecule has 4 rings (SSSR count). The maximum Gasteiger partial charge on any atom is 0.255 e. The van der Waals surface area contributed by atoms with Crippen molar-refractivity contribution in [3.05, 3.63) is 52.0 Å². The van der Waals surface area contributed by atoms with E-state index in [1.54, 1.807) is 0 Å². The van der Waals surface area contributed by atoms with Gasteiger partial charge in [0.15, 0.2) is 11.4 Å². The van der Waals surface area contributed by atoms with E-state index in [4.69, 9.17) is 5.73 Å². The van der Waals surface area contributed by atoms with Crippen LogP contribution in [-0.4, -0.2) is 59.8 Å². The number of hydrogen-bond acceptors (Lipinski definition) is 9. The zero-order valence-electron chi connectivity index (χ0n) is 15.7. The minimum Gasteiger partial charge on any atom is -0.509 e. The molecule has 1 aromatic carbocycles. The summed E-state index contributed by atoms with van der Waals surface area (Å²) in [6.07, 6.45) is -2.39. The molecule has 3 unspecified atom stereocenters. The van der Waals surface area contributed by atoms with Crippen LogP contribution in [0.15, 0.2) is 40.9 Å². The number of phenols is 1. The summed E-state index contributed by atoms with van der Waals surface area (Å²) in [5.41, 5.74) is -1.56. The van der Waals surface area contributed by atoms with E-state index in [9.17, 15) is 45.0 Å². The number of carbonyl (C=O) groups is 3. The van der Waals surface area contributed by atoms with E-state index in [1.807, 2.05) is 0 Å². The number of hydrogen-bond donors (Lipinski definition) is 7. The average molecular weight is 417 g/mol. The minimum absolute atomic E-state index is 0.0636. The topological polar surface area (TPSA) is 199 Å². The molecule has 1 aromatic rings. The highest BCUT2D eigenvalue weighted by Gasteiger charge is 2.65. The van der Waals surface area contributed by atoms with Crippen molar-refractivity contribution in [2.24, 2.45) is 17.6 Å². The fourth-order valence-corrected chi connectivity index (χ4v) is 4.90. The predicted molar refractivity (Wildman–Crippen MR) is 98.1 cm³/mol. The van der Waals surface area contributed by atoms with Crippen molar-refractivity contribution in [3.63, 3.8) is 0 Å². The lowest BCUT2D eigenvalue weighted by Crippen LogP contribution is -2.63. The average Bonchev–Trinajstić information content (AvgIpc) is 2.66. The molecule has 10 nitrogen and oxygen atoms in total. The highest BCUT2D eigenvalue weighted by atomic mass is 16.4. The number of carbonyl (C=O) groups excluding carboxylic acids is 3. The standard InChI is InChI=1S/C20H19NO9/c1-19(29)6-3-2-4-9(22)10(6)14(24)11-7(19)5-8-13(23)15(25)12(18(21)28)17(27)20(8,30)16(11)26/h2-4,7-8,13,22-23,25-26,29-30H,5H2,1H3,(H2,21,28)/t7?,8?,13?,19-,20+/m1/s1. The van der Waals surface area contributed by atoms with Gasteiger partial charge >= 0.3 is 0 Å². The molecule has 1 amide bonds. The van der Waals surface area contributed by atoms with Gasteiger partial charge in [0.25, 0.3) is 5.91 Å². The molecule has 30 heavy (non-hydrogen) atoms. The van der Waals surface area contributed by atoms with Gasteiger partial charge in [0.2, 0.25) is 5.78 Å². The molecule has 10 heteroatoms. The van der Waals surface area contributed by atoms with E-state index in [1.165, 1.54) is 25.1 Å². The van der Waals surface area contributed by atoms with Gasteiger partial charge in [-0.15, -0.1) is 0 Å². The number of benzene rings is 1. The number of primary amides is 1. The van der Waals surface area contributed by atoms with E-state index in [-0.39, 0.29) is 11.1 Å². The molecule has 0 heterocycles. The summed E-state index contributed by atoms with van der Waals surface area (Å²) in [6, 6.07) is 4.02. The molecular formula is C20H19NO9. The molecule has 158 valence electrons. The SMILES string of the molecule is C[C@@]1(O)c2cccc(O)c2C(=O)C2=C(O)[C@]3(O)C(=O)C(C(N)=O)=C(O)C(O)C3CC21. The first-order chi connectivity index (χ1) is 13.9. The zero-order chi connectivity index (χ0) is 22.3. The smallest absolute Gasteiger partial charge is 0.255 e. The van der Waals surface area contributed by atoms with Gasteiger partial charge in [-0.1, -0.05) is 12.1 Å². The second-order valence-corrected chi connectivity index (χ2v) is 8.00. The highest BCUT2D eigenvalue weighted by molar-refractivity contribution is 6.24. The second kappa shape index (κ2) is 5.91. The number of fused-ring (bicyclic) bond motifs is 3. The van der Waals surface area contributed by atoms with Crippen molar-refractivity contribution in [2.45, 2.75) is 30.7 Å². The quantitative estimate of drug-likeness (QED) is 0.286.